The fraction of sp³-hybridized carbons (Fsp3) is 0. The Kier molecular flexibility index (Phi) is 21.5. The molecule has 0 bridgehead atoms. The number of aromatic nitrogens is 7. The summed E-state index contributed by atoms with van der Waals surface area (Å²) in [5.41, 5.74) is 31.7. The third kappa shape index (κ3) is 15.9. The van der Waals surface area contributed by atoms with E-state index in [1.807, 2.05) is 55.2 Å². The molecule has 7 aromatic heterocycles. The molecule has 0 aliphatic carbocycles. The molecule has 0 aliphatic heterocycles. The summed E-state index contributed by atoms with van der Waals surface area (Å²) in [6.07, 6.45) is 9.46. The summed E-state index contributed by atoms with van der Waals surface area (Å²) in [4.78, 5) is 34.2. The van der Waals surface area contributed by atoms with Crippen molar-refractivity contribution in [1.29, 1.82) is 0 Å². The van der Waals surface area contributed by atoms with Gasteiger partial charge in [-0.1, -0.05) is 358 Å². The fourth-order valence-corrected chi connectivity index (χ4v) is 21.9. The molecule has 0 saturated heterocycles. The number of pyridine rings is 7. The van der Waals surface area contributed by atoms with Gasteiger partial charge in [-0.2, -0.15) is 0 Å². The SMILES string of the molecule is c1cc(-c2ccncc2)cc(-c2cc(-c3ccc4ccccc4c3)nc3ccc(-c4cc5ccccc5c5ccccc45)cc23)c1.c1ccc2cc(-c3cc(-c4ccc(-c5ccnc6ccccc56)cc4)c4cc(-c5cc6ccccc6c6ccccc56)ccc4n3)ccc2c1.c1ccc2cc(-c3cc(-c4ccc(-c5ccnc6ccccc56)nc4)c4cc(-c5cc6ccccc6c6ccccc56)ccc4n3)ccc2c1. The molecule has 0 aliphatic rings. The highest BCUT2D eigenvalue weighted by atomic mass is 14.7. The van der Waals surface area contributed by atoms with Gasteiger partial charge in [0.2, 0.25) is 0 Å². The van der Waals surface area contributed by atoms with Crippen molar-refractivity contribution in [3.8, 4) is 134 Å². The molecule has 678 valence electrons. The Labute approximate surface area is 842 Å². The highest BCUT2D eigenvalue weighted by molar-refractivity contribution is 6.19. The van der Waals surface area contributed by atoms with Gasteiger partial charge in [0.25, 0.3) is 0 Å². The zero-order chi connectivity index (χ0) is 96.5. The summed E-state index contributed by atoms with van der Waals surface area (Å²) in [6, 6.07) is 178. The largest absolute Gasteiger partial charge is 0.265 e. The van der Waals surface area contributed by atoms with Crippen molar-refractivity contribution in [2.45, 2.75) is 0 Å². The first-order valence-corrected chi connectivity index (χ1v) is 49.6. The molecule has 0 saturated carbocycles. The van der Waals surface area contributed by atoms with Crippen molar-refractivity contribution in [3.63, 3.8) is 0 Å². The number of para-hydroxylation sites is 2. The maximum absolute atomic E-state index is 5.28. The van der Waals surface area contributed by atoms with E-state index in [0.717, 1.165) is 150 Å². The Balaban J connectivity index is 0.000000109. The summed E-state index contributed by atoms with van der Waals surface area (Å²) in [5, 5.41) is 28.0. The minimum atomic E-state index is 0.920. The summed E-state index contributed by atoms with van der Waals surface area (Å²) in [6.45, 7) is 0. The highest BCUT2D eigenvalue weighted by Gasteiger charge is 2.22. The number of benzene rings is 22. The van der Waals surface area contributed by atoms with Crippen LogP contribution in [0.3, 0.4) is 0 Å². The molecule has 22 aromatic carbocycles. The van der Waals surface area contributed by atoms with E-state index >= 15 is 0 Å². The van der Waals surface area contributed by atoms with Crippen LogP contribution in [0.5, 0.6) is 0 Å². The molecule has 0 spiro atoms. The van der Waals surface area contributed by atoms with Crippen molar-refractivity contribution in [2.75, 3.05) is 0 Å². The first kappa shape index (κ1) is 85.7. The third-order valence-electron chi connectivity index (χ3n) is 29.1. The Morgan fingerprint density at radius 2 is 0.425 bits per heavy atom. The van der Waals surface area contributed by atoms with Gasteiger partial charge >= 0.3 is 0 Å². The van der Waals surface area contributed by atoms with E-state index in [1.165, 1.54) is 136 Å². The quantitative estimate of drug-likeness (QED) is 0.113. The monoisotopic (exact) mass is 1850 g/mol. The van der Waals surface area contributed by atoms with E-state index in [9.17, 15) is 0 Å². The molecule has 146 heavy (non-hydrogen) atoms. The molecule has 0 fully saturated rings. The number of fused-ring (bicyclic) bond motifs is 17. The van der Waals surface area contributed by atoms with Crippen molar-refractivity contribution >= 4 is 151 Å². The Hall–Kier alpha value is -19.5. The van der Waals surface area contributed by atoms with E-state index in [2.05, 4.69) is 488 Å². The van der Waals surface area contributed by atoms with Crippen molar-refractivity contribution in [3.05, 3.63) is 528 Å². The van der Waals surface area contributed by atoms with Crippen molar-refractivity contribution in [1.82, 2.24) is 34.9 Å². The zero-order valence-corrected chi connectivity index (χ0v) is 79.4. The lowest BCUT2D eigenvalue weighted by molar-refractivity contribution is 1.32. The zero-order valence-electron chi connectivity index (χ0n) is 79.4. The van der Waals surface area contributed by atoms with E-state index < -0.39 is 0 Å². The normalized spacial score (nSPS) is 11.6. The molecule has 7 nitrogen and oxygen atoms in total. The van der Waals surface area contributed by atoms with Crippen LogP contribution in [0.2, 0.25) is 0 Å². The highest BCUT2D eigenvalue weighted by Crippen LogP contribution is 2.47. The van der Waals surface area contributed by atoms with Crippen LogP contribution >= 0.6 is 0 Å². The second-order valence-electron chi connectivity index (χ2n) is 37.7. The lowest BCUT2D eigenvalue weighted by Gasteiger charge is -2.15. The van der Waals surface area contributed by atoms with E-state index in [0.29, 0.717) is 0 Å². The molecular weight excluding hydrogens is 1770 g/mol. The van der Waals surface area contributed by atoms with Gasteiger partial charge in [0.05, 0.1) is 50.4 Å². The molecule has 0 amide bonds. The number of rotatable bonds is 12. The lowest BCUT2D eigenvalue weighted by Crippen LogP contribution is -1.93. The van der Waals surface area contributed by atoms with Gasteiger partial charge in [-0.25, -0.2) is 15.0 Å². The van der Waals surface area contributed by atoms with Gasteiger partial charge in [-0.05, 0) is 320 Å². The molecule has 0 N–H and O–H groups in total. The average molecular weight is 1860 g/mol. The van der Waals surface area contributed by atoms with Gasteiger partial charge in [-0.3, -0.25) is 19.9 Å². The Morgan fingerprint density at radius 1 is 0.116 bits per heavy atom. The predicted molar refractivity (Wildman–Crippen MR) is 614 cm³/mol. The van der Waals surface area contributed by atoms with Crippen LogP contribution in [-0.4, -0.2) is 34.9 Å². The van der Waals surface area contributed by atoms with Crippen molar-refractivity contribution in [2.24, 2.45) is 0 Å². The van der Waals surface area contributed by atoms with Gasteiger partial charge < -0.3 is 0 Å². The standard InChI is InChI=1S/C48H30N2.C47H29N3.C44H28N2/c1-2-10-34-27-37(22-17-31(34)9-1)48-30-44(33-20-18-32(19-21-33)39-25-26-49-46-16-8-7-15-42(39)46)45-29-36(23-24-47(45)50-48)43-28-35-11-3-4-12-38(35)40-13-5-6-14-41(40)43;1-2-10-31-25-34(18-17-30(31)9-1)47-28-42(35-20-21-45(49-29-35)40-23-24-48-44-16-8-7-15-39(40)44)43-27-33(19-22-46(43)50-47)41-26-32-11-3-4-12-36(32)37-13-5-6-14-38(37)41;1-2-9-31-25-36(17-16-29(31)8-1)44-28-41(33-12-7-11-32(24-33)30-20-22-45-23-21-30)42-27-35(18-19-43(42)46-44)40-26-34-10-3-4-13-37(34)38-14-5-6-15-39(38)40/h1-30H;1-29H;1-28H. The fourth-order valence-electron chi connectivity index (χ4n) is 21.9. The first-order valence-electron chi connectivity index (χ1n) is 49.6. The maximum Gasteiger partial charge on any atom is 0.0716 e. The van der Waals surface area contributed by atoms with Gasteiger partial charge in [0.15, 0.2) is 0 Å². The molecule has 29 aromatic rings. The molecule has 7 heteroatoms. The molecule has 7 heterocycles. The van der Waals surface area contributed by atoms with Gasteiger partial charge in [-0.15, -0.1) is 0 Å². The van der Waals surface area contributed by atoms with Crippen LogP contribution < -0.4 is 0 Å². The third-order valence-corrected chi connectivity index (χ3v) is 29.1. The van der Waals surface area contributed by atoms with Crippen LogP contribution in [0.15, 0.2) is 528 Å². The molecule has 0 unspecified atom stereocenters. The minimum Gasteiger partial charge on any atom is -0.265 e. The van der Waals surface area contributed by atoms with Gasteiger partial charge in [0.1, 0.15) is 0 Å². The second kappa shape index (κ2) is 36.6. The topological polar surface area (TPSA) is 90.2 Å². The van der Waals surface area contributed by atoms with Gasteiger partial charge in [0, 0.05) is 85.7 Å². The summed E-state index contributed by atoms with van der Waals surface area (Å²) >= 11 is 0. The summed E-state index contributed by atoms with van der Waals surface area (Å²) in [7, 11) is 0. The average Bonchev–Trinajstić information content (AvgIpc) is 0.751. The van der Waals surface area contributed by atoms with Crippen LogP contribution in [-0.2, 0) is 0 Å². The number of hydrogen-bond acceptors (Lipinski definition) is 7. The molecule has 0 radical (unpaired) electrons. The van der Waals surface area contributed by atoms with E-state index in [4.69, 9.17) is 19.9 Å². The summed E-state index contributed by atoms with van der Waals surface area (Å²) in [5.74, 6) is 0. The van der Waals surface area contributed by atoms with Crippen LogP contribution in [0.25, 0.3) is 286 Å². The Bertz CT molecular complexity index is 9870. The number of nitrogens with zero attached hydrogens (tertiary/aromatic N) is 7. The molecule has 29 rings (SSSR count). The first-order chi connectivity index (χ1) is 72.3. The van der Waals surface area contributed by atoms with Crippen LogP contribution in [0.1, 0.15) is 0 Å². The Morgan fingerprint density at radius 3 is 0.842 bits per heavy atom. The predicted octanol–water partition coefficient (Wildman–Crippen LogP) is 37.0. The lowest BCUT2D eigenvalue weighted by atomic mass is 9.90. The maximum atomic E-state index is 5.28. The van der Waals surface area contributed by atoms with E-state index in [-0.39, 0.29) is 0 Å². The second-order valence-corrected chi connectivity index (χ2v) is 37.7. The minimum absolute atomic E-state index is 0.920. The van der Waals surface area contributed by atoms with Crippen molar-refractivity contribution < 1.29 is 0 Å². The smallest absolute Gasteiger partial charge is 0.0716 e. The van der Waals surface area contributed by atoms with Crippen LogP contribution in [0, 0.1) is 0 Å². The van der Waals surface area contributed by atoms with Crippen LogP contribution in [0.4, 0.5) is 0 Å². The molecular formula is C139H87N7. The summed E-state index contributed by atoms with van der Waals surface area (Å²) < 4.78 is 0. The molecule has 0 atom stereocenters. The number of hydrogen-bond donors (Lipinski definition) is 0. The van der Waals surface area contributed by atoms with E-state index in [1.54, 1.807) is 0 Å².